The summed E-state index contributed by atoms with van der Waals surface area (Å²) in [6.07, 6.45) is 2.26. The van der Waals surface area contributed by atoms with Crippen LogP contribution in [0.3, 0.4) is 0 Å². The standard InChI is InChI=1S/C16H23N3/c1-12-14-5-3-4-6-15(14)18(2)16(12)11-19-9-7-13(17)8-10-19/h3-6,13H,7-11,17H2,1-2H3. The maximum atomic E-state index is 5.98. The highest BCUT2D eigenvalue weighted by Gasteiger charge is 2.19. The average Bonchev–Trinajstić information content (AvgIpc) is 2.67. The highest BCUT2D eigenvalue weighted by Crippen LogP contribution is 2.26. The molecule has 0 saturated carbocycles. The largest absolute Gasteiger partial charge is 0.346 e. The molecule has 0 bridgehead atoms. The van der Waals surface area contributed by atoms with E-state index in [0.717, 1.165) is 32.5 Å². The van der Waals surface area contributed by atoms with Crippen LogP contribution in [0.2, 0.25) is 0 Å². The molecule has 0 radical (unpaired) electrons. The number of benzene rings is 1. The first kappa shape index (κ1) is 12.7. The van der Waals surface area contributed by atoms with Crippen LogP contribution in [0.15, 0.2) is 24.3 Å². The van der Waals surface area contributed by atoms with Crippen molar-refractivity contribution in [2.75, 3.05) is 13.1 Å². The number of hydrogen-bond acceptors (Lipinski definition) is 2. The molecule has 3 nitrogen and oxygen atoms in total. The van der Waals surface area contributed by atoms with Crippen molar-refractivity contribution in [2.24, 2.45) is 12.8 Å². The van der Waals surface area contributed by atoms with E-state index in [2.05, 4.69) is 47.7 Å². The molecule has 0 atom stereocenters. The minimum atomic E-state index is 0.407. The highest BCUT2D eigenvalue weighted by molar-refractivity contribution is 5.85. The fraction of sp³-hybridized carbons (Fsp3) is 0.500. The normalized spacial score (nSPS) is 18.3. The number of piperidine rings is 1. The van der Waals surface area contributed by atoms with Crippen LogP contribution in [0.1, 0.15) is 24.1 Å². The van der Waals surface area contributed by atoms with Gasteiger partial charge in [-0.25, -0.2) is 0 Å². The smallest absolute Gasteiger partial charge is 0.0483 e. The van der Waals surface area contributed by atoms with Gasteiger partial charge in [0, 0.05) is 49.3 Å². The van der Waals surface area contributed by atoms with Crippen LogP contribution in [0.4, 0.5) is 0 Å². The van der Waals surface area contributed by atoms with Gasteiger partial charge in [-0.05, 0) is 31.4 Å². The zero-order chi connectivity index (χ0) is 13.4. The molecule has 2 heterocycles. The van der Waals surface area contributed by atoms with Crippen molar-refractivity contribution < 1.29 is 0 Å². The molecule has 0 spiro atoms. The van der Waals surface area contributed by atoms with Gasteiger partial charge < -0.3 is 10.3 Å². The number of para-hydroxylation sites is 1. The molecule has 0 aliphatic carbocycles. The highest BCUT2D eigenvalue weighted by atomic mass is 15.2. The van der Waals surface area contributed by atoms with Crippen LogP contribution in [-0.4, -0.2) is 28.6 Å². The predicted octanol–water partition coefficient (Wildman–Crippen LogP) is 2.41. The first-order chi connectivity index (χ1) is 9.16. The Morgan fingerprint density at radius 2 is 1.89 bits per heavy atom. The molecular weight excluding hydrogens is 234 g/mol. The minimum Gasteiger partial charge on any atom is -0.346 e. The molecule has 1 aliphatic rings. The van der Waals surface area contributed by atoms with E-state index in [4.69, 9.17) is 5.73 Å². The first-order valence-electron chi connectivity index (χ1n) is 7.17. The van der Waals surface area contributed by atoms with Crippen molar-refractivity contribution in [3.05, 3.63) is 35.5 Å². The second-order valence-electron chi connectivity index (χ2n) is 5.76. The molecule has 1 fully saturated rings. The molecule has 2 N–H and O–H groups in total. The van der Waals surface area contributed by atoms with Crippen molar-refractivity contribution in [3.8, 4) is 0 Å². The lowest BCUT2D eigenvalue weighted by molar-refractivity contribution is 0.202. The quantitative estimate of drug-likeness (QED) is 0.896. The number of rotatable bonds is 2. The van der Waals surface area contributed by atoms with Crippen molar-refractivity contribution in [3.63, 3.8) is 0 Å². The van der Waals surface area contributed by atoms with E-state index in [-0.39, 0.29) is 0 Å². The van der Waals surface area contributed by atoms with Crippen molar-refractivity contribution >= 4 is 10.9 Å². The molecule has 3 rings (SSSR count). The van der Waals surface area contributed by atoms with Crippen LogP contribution < -0.4 is 5.73 Å². The van der Waals surface area contributed by atoms with E-state index in [1.165, 1.54) is 22.2 Å². The Morgan fingerprint density at radius 1 is 1.21 bits per heavy atom. The van der Waals surface area contributed by atoms with E-state index >= 15 is 0 Å². The molecular formula is C16H23N3. The van der Waals surface area contributed by atoms with Crippen molar-refractivity contribution in [1.29, 1.82) is 0 Å². The number of hydrogen-bond donors (Lipinski definition) is 1. The topological polar surface area (TPSA) is 34.2 Å². The second-order valence-corrected chi connectivity index (χ2v) is 5.76. The van der Waals surface area contributed by atoms with Crippen LogP contribution in [0.25, 0.3) is 10.9 Å². The summed E-state index contributed by atoms with van der Waals surface area (Å²) >= 11 is 0. The second kappa shape index (κ2) is 4.99. The van der Waals surface area contributed by atoms with Gasteiger partial charge in [0.15, 0.2) is 0 Å². The number of aromatic nitrogens is 1. The summed E-state index contributed by atoms with van der Waals surface area (Å²) in [5, 5.41) is 1.38. The van der Waals surface area contributed by atoms with E-state index in [1.54, 1.807) is 0 Å². The lowest BCUT2D eigenvalue weighted by Gasteiger charge is -2.30. The third-order valence-corrected chi connectivity index (χ3v) is 4.51. The number of likely N-dealkylation sites (tertiary alicyclic amines) is 1. The molecule has 0 amide bonds. The number of fused-ring (bicyclic) bond motifs is 1. The Hall–Kier alpha value is -1.32. The third-order valence-electron chi connectivity index (χ3n) is 4.51. The third kappa shape index (κ3) is 2.28. The van der Waals surface area contributed by atoms with E-state index in [1.807, 2.05) is 0 Å². The van der Waals surface area contributed by atoms with Gasteiger partial charge >= 0.3 is 0 Å². The molecule has 102 valence electrons. The summed E-state index contributed by atoms with van der Waals surface area (Å²) in [4.78, 5) is 2.53. The summed E-state index contributed by atoms with van der Waals surface area (Å²) < 4.78 is 2.35. The first-order valence-corrected chi connectivity index (χ1v) is 7.17. The van der Waals surface area contributed by atoms with Crippen molar-refractivity contribution in [2.45, 2.75) is 32.4 Å². The van der Waals surface area contributed by atoms with Crippen LogP contribution in [-0.2, 0) is 13.6 Å². The van der Waals surface area contributed by atoms with E-state index in [0.29, 0.717) is 6.04 Å². The van der Waals surface area contributed by atoms with Gasteiger partial charge in [0.2, 0.25) is 0 Å². The minimum absolute atomic E-state index is 0.407. The number of aryl methyl sites for hydroxylation is 2. The molecule has 3 heteroatoms. The average molecular weight is 257 g/mol. The summed E-state index contributed by atoms with van der Waals surface area (Å²) in [5.74, 6) is 0. The Bertz CT molecular complexity index is 538. The molecule has 1 aromatic heterocycles. The zero-order valence-corrected chi connectivity index (χ0v) is 11.9. The van der Waals surface area contributed by atoms with Gasteiger partial charge in [0.05, 0.1) is 0 Å². The summed E-state index contributed by atoms with van der Waals surface area (Å²) in [6.45, 7) is 5.54. The van der Waals surface area contributed by atoms with Gasteiger partial charge in [0.1, 0.15) is 0 Å². The lowest BCUT2D eigenvalue weighted by Crippen LogP contribution is -2.39. The van der Waals surface area contributed by atoms with Crippen molar-refractivity contribution in [1.82, 2.24) is 9.47 Å². The molecule has 0 unspecified atom stereocenters. The molecule has 1 aliphatic heterocycles. The Labute approximate surface area is 115 Å². The predicted molar refractivity (Wildman–Crippen MR) is 80.1 cm³/mol. The van der Waals surface area contributed by atoms with Crippen LogP contribution in [0.5, 0.6) is 0 Å². The SMILES string of the molecule is Cc1c(CN2CCC(N)CC2)n(C)c2ccccc12. The fourth-order valence-corrected chi connectivity index (χ4v) is 3.18. The van der Waals surface area contributed by atoms with Gasteiger partial charge in [-0.3, -0.25) is 4.90 Å². The van der Waals surface area contributed by atoms with Crippen LogP contribution >= 0.6 is 0 Å². The maximum absolute atomic E-state index is 5.98. The molecule has 2 aromatic rings. The fourth-order valence-electron chi connectivity index (χ4n) is 3.18. The maximum Gasteiger partial charge on any atom is 0.0483 e. The van der Waals surface area contributed by atoms with E-state index in [9.17, 15) is 0 Å². The lowest BCUT2D eigenvalue weighted by atomic mass is 10.1. The summed E-state index contributed by atoms with van der Waals surface area (Å²) in [7, 11) is 2.18. The zero-order valence-electron chi connectivity index (χ0n) is 11.9. The van der Waals surface area contributed by atoms with E-state index < -0.39 is 0 Å². The summed E-state index contributed by atoms with van der Waals surface area (Å²) in [6, 6.07) is 9.08. The van der Waals surface area contributed by atoms with Gasteiger partial charge in [0.25, 0.3) is 0 Å². The summed E-state index contributed by atoms with van der Waals surface area (Å²) in [5.41, 5.74) is 10.2. The Morgan fingerprint density at radius 3 is 2.58 bits per heavy atom. The monoisotopic (exact) mass is 257 g/mol. The Kier molecular flexibility index (Phi) is 3.33. The van der Waals surface area contributed by atoms with Crippen LogP contribution in [0, 0.1) is 6.92 Å². The van der Waals surface area contributed by atoms with Gasteiger partial charge in [-0.2, -0.15) is 0 Å². The molecule has 19 heavy (non-hydrogen) atoms. The number of nitrogens with two attached hydrogens (primary N) is 1. The van der Waals surface area contributed by atoms with Gasteiger partial charge in [-0.1, -0.05) is 18.2 Å². The number of nitrogens with zero attached hydrogens (tertiary/aromatic N) is 2. The molecule has 1 aromatic carbocycles. The van der Waals surface area contributed by atoms with Gasteiger partial charge in [-0.15, -0.1) is 0 Å². The Balaban J connectivity index is 1.88. The molecule has 1 saturated heterocycles.